The normalized spacial score (nSPS) is 19.9. The molecule has 1 aliphatic heterocycles. The van der Waals surface area contributed by atoms with Crippen LogP contribution in [0.2, 0.25) is 0 Å². The minimum Gasteiger partial charge on any atom is -0.342 e. The highest BCUT2D eigenvalue weighted by Crippen LogP contribution is 2.24. The first-order valence-electron chi connectivity index (χ1n) is 5.32. The third-order valence-corrected chi connectivity index (χ3v) is 3.65. The highest BCUT2D eigenvalue weighted by atomic mass is 35.5. The number of hydrogen-bond acceptors (Lipinski definition) is 1. The summed E-state index contributed by atoms with van der Waals surface area (Å²) in [4.78, 5) is 14.0. The predicted molar refractivity (Wildman–Crippen MR) is 59.5 cm³/mol. The topological polar surface area (TPSA) is 20.3 Å². The monoisotopic (exact) mass is 217 g/mol. The van der Waals surface area contributed by atoms with Crippen molar-refractivity contribution in [2.45, 2.75) is 33.6 Å². The van der Waals surface area contributed by atoms with Crippen LogP contribution in [-0.4, -0.2) is 29.8 Å². The number of nitrogens with zero attached hydrogens (tertiary/aromatic N) is 1. The molecule has 2 nitrogen and oxygen atoms in total. The molecule has 1 fully saturated rings. The van der Waals surface area contributed by atoms with E-state index in [1.54, 1.807) is 0 Å². The average molecular weight is 218 g/mol. The summed E-state index contributed by atoms with van der Waals surface area (Å²) in [5, 5.41) is 0. The Morgan fingerprint density at radius 2 is 1.93 bits per heavy atom. The zero-order chi connectivity index (χ0) is 10.8. The minimum absolute atomic E-state index is 0.208. The van der Waals surface area contributed by atoms with E-state index < -0.39 is 5.41 Å². The largest absolute Gasteiger partial charge is 0.342 e. The van der Waals surface area contributed by atoms with Crippen LogP contribution >= 0.6 is 11.6 Å². The second kappa shape index (κ2) is 4.52. The molecule has 0 aromatic carbocycles. The van der Waals surface area contributed by atoms with Crippen LogP contribution in [-0.2, 0) is 4.79 Å². The highest BCUT2D eigenvalue weighted by molar-refractivity contribution is 6.19. The Morgan fingerprint density at radius 1 is 1.43 bits per heavy atom. The maximum Gasteiger partial charge on any atom is 0.229 e. The number of carbonyl (C=O) groups is 1. The zero-order valence-corrected chi connectivity index (χ0v) is 10.1. The molecular formula is C11H20ClNO. The lowest BCUT2D eigenvalue weighted by molar-refractivity contribution is -0.140. The summed E-state index contributed by atoms with van der Waals surface area (Å²) in [5.41, 5.74) is -0.401. The molecule has 1 saturated heterocycles. The number of likely N-dealkylation sites (tertiary alicyclic amines) is 1. The Balaban J connectivity index is 2.54. The first kappa shape index (κ1) is 11.8. The van der Waals surface area contributed by atoms with Gasteiger partial charge in [0.1, 0.15) is 0 Å². The average Bonchev–Trinajstić information content (AvgIpc) is 2.18. The maximum atomic E-state index is 12.0. The molecule has 1 heterocycles. The van der Waals surface area contributed by atoms with Crippen molar-refractivity contribution in [2.75, 3.05) is 19.0 Å². The lowest BCUT2D eigenvalue weighted by Gasteiger charge is -2.35. The van der Waals surface area contributed by atoms with E-state index in [0.717, 1.165) is 31.8 Å². The SMILES string of the molecule is CC1CCN(C(=O)C(C)(C)CCl)CC1. The second-order valence-electron chi connectivity index (χ2n) is 4.99. The fourth-order valence-electron chi connectivity index (χ4n) is 1.70. The lowest BCUT2D eigenvalue weighted by Crippen LogP contribution is -2.45. The molecule has 1 rings (SSSR count). The van der Waals surface area contributed by atoms with Crippen LogP contribution in [0.15, 0.2) is 0 Å². The number of halogens is 1. The molecule has 1 aliphatic rings. The van der Waals surface area contributed by atoms with E-state index in [1.807, 2.05) is 18.7 Å². The molecule has 0 aromatic heterocycles. The Labute approximate surface area is 91.6 Å². The van der Waals surface area contributed by atoms with Gasteiger partial charge in [0.15, 0.2) is 0 Å². The van der Waals surface area contributed by atoms with E-state index in [-0.39, 0.29) is 5.91 Å². The molecule has 0 spiro atoms. The molecule has 0 saturated carbocycles. The minimum atomic E-state index is -0.401. The number of piperidine rings is 1. The fourth-order valence-corrected chi connectivity index (χ4v) is 1.81. The molecule has 1 amide bonds. The summed E-state index contributed by atoms with van der Waals surface area (Å²) >= 11 is 5.79. The van der Waals surface area contributed by atoms with Crippen molar-refractivity contribution < 1.29 is 4.79 Å². The first-order chi connectivity index (χ1) is 6.47. The third-order valence-electron chi connectivity index (χ3n) is 2.98. The van der Waals surface area contributed by atoms with Gasteiger partial charge in [-0.15, -0.1) is 11.6 Å². The van der Waals surface area contributed by atoms with Crippen LogP contribution in [0.1, 0.15) is 33.6 Å². The van der Waals surface area contributed by atoms with Crippen LogP contribution in [0.3, 0.4) is 0 Å². The van der Waals surface area contributed by atoms with Gasteiger partial charge in [0.05, 0.1) is 5.41 Å². The summed E-state index contributed by atoms with van der Waals surface area (Å²) in [6.45, 7) is 7.88. The van der Waals surface area contributed by atoms with Gasteiger partial charge in [-0.3, -0.25) is 4.79 Å². The number of hydrogen-bond donors (Lipinski definition) is 0. The second-order valence-corrected chi connectivity index (χ2v) is 5.26. The summed E-state index contributed by atoms with van der Waals surface area (Å²) in [5.74, 6) is 1.37. The van der Waals surface area contributed by atoms with Gasteiger partial charge < -0.3 is 4.90 Å². The molecule has 0 aromatic rings. The third kappa shape index (κ3) is 2.63. The van der Waals surface area contributed by atoms with Gasteiger partial charge in [0, 0.05) is 19.0 Å². The van der Waals surface area contributed by atoms with Crippen molar-refractivity contribution in [3.63, 3.8) is 0 Å². The molecule has 0 aliphatic carbocycles. The molecule has 0 unspecified atom stereocenters. The van der Waals surface area contributed by atoms with E-state index in [1.165, 1.54) is 0 Å². The maximum absolute atomic E-state index is 12.0. The van der Waals surface area contributed by atoms with Crippen LogP contribution in [0.25, 0.3) is 0 Å². The van der Waals surface area contributed by atoms with Gasteiger partial charge in [-0.05, 0) is 32.6 Å². The van der Waals surface area contributed by atoms with Gasteiger partial charge in [-0.2, -0.15) is 0 Å². The summed E-state index contributed by atoms with van der Waals surface area (Å²) < 4.78 is 0. The molecule has 0 radical (unpaired) electrons. The van der Waals surface area contributed by atoms with Crippen molar-refractivity contribution in [1.29, 1.82) is 0 Å². The lowest BCUT2D eigenvalue weighted by atomic mass is 9.91. The zero-order valence-electron chi connectivity index (χ0n) is 9.35. The number of alkyl halides is 1. The van der Waals surface area contributed by atoms with Gasteiger partial charge in [-0.25, -0.2) is 0 Å². The van der Waals surface area contributed by atoms with Crippen molar-refractivity contribution in [1.82, 2.24) is 4.90 Å². The number of rotatable bonds is 2. The quantitative estimate of drug-likeness (QED) is 0.651. The van der Waals surface area contributed by atoms with Crippen molar-refractivity contribution in [3.8, 4) is 0 Å². The molecule has 14 heavy (non-hydrogen) atoms. The van der Waals surface area contributed by atoms with Crippen LogP contribution in [0.5, 0.6) is 0 Å². The van der Waals surface area contributed by atoms with E-state index in [9.17, 15) is 4.79 Å². The molecule has 82 valence electrons. The standard InChI is InChI=1S/C11H20ClNO/c1-9-4-6-13(7-5-9)10(14)11(2,3)8-12/h9H,4-8H2,1-3H3. The van der Waals surface area contributed by atoms with Gasteiger partial charge in [-0.1, -0.05) is 6.92 Å². The molecule has 0 atom stereocenters. The fraction of sp³-hybridized carbons (Fsp3) is 0.909. The van der Waals surface area contributed by atoms with Gasteiger partial charge in [0.25, 0.3) is 0 Å². The summed E-state index contributed by atoms with van der Waals surface area (Å²) in [6, 6.07) is 0. The first-order valence-corrected chi connectivity index (χ1v) is 5.86. The predicted octanol–water partition coefficient (Wildman–Crippen LogP) is 2.51. The molecular weight excluding hydrogens is 198 g/mol. The van der Waals surface area contributed by atoms with Crippen LogP contribution in [0, 0.1) is 11.3 Å². The molecule has 3 heteroatoms. The van der Waals surface area contributed by atoms with Crippen molar-refractivity contribution in [2.24, 2.45) is 11.3 Å². The Hall–Kier alpha value is -0.240. The summed E-state index contributed by atoms with van der Waals surface area (Å²) in [7, 11) is 0. The molecule has 0 N–H and O–H groups in total. The smallest absolute Gasteiger partial charge is 0.229 e. The van der Waals surface area contributed by atoms with Crippen molar-refractivity contribution >= 4 is 17.5 Å². The Kier molecular flexibility index (Phi) is 3.82. The van der Waals surface area contributed by atoms with Gasteiger partial charge >= 0.3 is 0 Å². The van der Waals surface area contributed by atoms with E-state index in [2.05, 4.69) is 6.92 Å². The van der Waals surface area contributed by atoms with E-state index in [4.69, 9.17) is 11.6 Å². The number of amides is 1. The Bertz CT molecular complexity index is 207. The van der Waals surface area contributed by atoms with Crippen LogP contribution < -0.4 is 0 Å². The van der Waals surface area contributed by atoms with E-state index in [0.29, 0.717) is 5.88 Å². The Morgan fingerprint density at radius 3 is 2.36 bits per heavy atom. The van der Waals surface area contributed by atoms with Gasteiger partial charge in [0.2, 0.25) is 5.91 Å². The summed E-state index contributed by atoms with van der Waals surface area (Å²) in [6.07, 6.45) is 2.26. The van der Waals surface area contributed by atoms with E-state index >= 15 is 0 Å². The number of carbonyl (C=O) groups excluding carboxylic acids is 1. The highest BCUT2D eigenvalue weighted by Gasteiger charge is 2.32. The van der Waals surface area contributed by atoms with Crippen LogP contribution in [0.4, 0.5) is 0 Å². The van der Waals surface area contributed by atoms with Crippen molar-refractivity contribution in [3.05, 3.63) is 0 Å². The molecule has 0 bridgehead atoms.